The molecule has 0 amide bonds. The lowest BCUT2D eigenvalue weighted by atomic mass is 10.0. The summed E-state index contributed by atoms with van der Waals surface area (Å²) in [5.41, 5.74) is 0. The predicted octanol–water partition coefficient (Wildman–Crippen LogP) is 2.65. The van der Waals surface area contributed by atoms with Gasteiger partial charge in [-0.3, -0.25) is 0 Å². The number of aliphatic hydroxyl groups excluding tert-OH is 1. The lowest BCUT2D eigenvalue weighted by molar-refractivity contribution is -0.947. The van der Waals surface area contributed by atoms with Crippen molar-refractivity contribution in [2.45, 2.75) is 84.8 Å². The van der Waals surface area contributed by atoms with Crippen molar-refractivity contribution in [3.63, 3.8) is 0 Å². The topological polar surface area (TPSA) is 60.4 Å². The van der Waals surface area contributed by atoms with Crippen LogP contribution in [-0.2, 0) is 4.79 Å². The van der Waals surface area contributed by atoms with Crippen molar-refractivity contribution in [3.8, 4) is 0 Å². The number of carbonyl (C=O) groups is 1. The van der Waals surface area contributed by atoms with Gasteiger partial charge in [0.1, 0.15) is 18.7 Å². The highest BCUT2D eigenvalue weighted by Gasteiger charge is 2.37. The Morgan fingerprint density at radius 3 is 2.13 bits per heavy atom. The van der Waals surface area contributed by atoms with Crippen molar-refractivity contribution >= 4 is 5.97 Å². The number of carboxylic acids is 1. The quantitative estimate of drug-likeness (QED) is 0.303. The van der Waals surface area contributed by atoms with Crippen LogP contribution in [0.25, 0.3) is 0 Å². The molecule has 0 aromatic carbocycles. The van der Waals surface area contributed by atoms with Gasteiger partial charge in [0.2, 0.25) is 0 Å². The predicted molar refractivity (Wildman–Crippen MR) is 93.8 cm³/mol. The van der Waals surface area contributed by atoms with Gasteiger partial charge in [-0.2, -0.15) is 0 Å². The third kappa shape index (κ3) is 7.98. The zero-order valence-corrected chi connectivity index (χ0v) is 15.6. The molecule has 2 unspecified atom stereocenters. The zero-order chi connectivity index (χ0) is 17.7. The van der Waals surface area contributed by atoms with Gasteiger partial charge in [0.05, 0.1) is 19.1 Å². The normalized spacial score (nSPS) is 15.0. The first kappa shape index (κ1) is 22.1. The average Bonchev–Trinajstić information content (AvgIpc) is 2.49. The molecular formula is C19H37NO3. The van der Waals surface area contributed by atoms with E-state index in [1.807, 2.05) is 19.1 Å². The Balaban J connectivity index is 5.22. The zero-order valence-electron chi connectivity index (χ0n) is 15.6. The van der Waals surface area contributed by atoms with E-state index in [1.54, 1.807) is 0 Å². The number of hydrogen-bond donors (Lipinski definition) is 1. The van der Waals surface area contributed by atoms with Crippen molar-refractivity contribution in [2.24, 2.45) is 0 Å². The van der Waals surface area contributed by atoms with Gasteiger partial charge in [0.15, 0.2) is 0 Å². The summed E-state index contributed by atoms with van der Waals surface area (Å²) < 4.78 is 0.433. The molecule has 4 nitrogen and oxygen atoms in total. The lowest BCUT2D eigenvalue weighted by Crippen LogP contribution is -2.64. The first-order valence-electron chi connectivity index (χ1n) is 9.38. The van der Waals surface area contributed by atoms with Gasteiger partial charge in [-0.1, -0.05) is 59.1 Å². The Morgan fingerprint density at radius 2 is 1.70 bits per heavy atom. The molecule has 0 spiro atoms. The van der Waals surface area contributed by atoms with Crippen LogP contribution in [-0.4, -0.2) is 47.3 Å². The van der Waals surface area contributed by atoms with Crippen molar-refractivity contribution in [2.75, 3.05) is 19.6 Å². The molecule has 0 aliphatic heterocycles. The van der Waals surface area contributed by atoms with E-state index in [9.17, 15) is 15.0 Å². The van der Waals surface area contributed by atoms with Gasteiger partial charge in [0, 0.05) is 6.42 Å². The van der Waals surface area contributed by atoms with Crippen LogP contribution < -0.4 is 5.11 Å². The highest BCUT2D eigenvalue weighted by atomic mass is 16.4. The van der Waals surface area contributed by atoms with Crippen LogP contribution in [0.15, 0.2) is 12.2 Å². The number of unbranched alkanes of at least 4 members (excludes halogenated alkanes) is 2. The van der Waals surface area contributed by atoms with E-state index >= 15 is 0 Å². The fraction of sp³-hybridized carbons (Fsp3) is 0.842. The highest BCUT2D eigenvalue weighted by molar-refractivity contribution is 5.69. The fourth-order valence-electron chi connectivity index (χ4n) is 3.52. The Kier molecular flexibility index (Phi) is 12.1. The van der Waals surface area contributed by atoms with E-state index in [4.69, 9.17) is 0 Å². The standard InChI is InChI=1S/C19H37NO3/c1-5-9-10-11-13-17(21)16-20(14-7-3,15-8-4)18(12-6-2)19(22)23/h11,13,17-18,21H,5-10,12,14-16H2,1-4H3/b13-11+. The summed E-state index contributed by atoms with van der Waals surface area (Å²) in [6.07, 6.45) is 9.71. The number of rotatable bonds is 14. The molecule has 4 heteroatoms. The summed E-state index contributed by atoms with van der Waals surface area (Å²) in [4.78, 5) is 11.7. The molecule has 0 aromatic heterocycles. The van der Waals surface area contributed by atoms with Crippen LogP contribution in [0.1, 0.15) is 72.6 Å². The molecule has 0 aromatic rings. The first-order valence-corrected chi connectivity index (χ1v) is 9.38. The molecule has 0 bridgehead atoms. The van der Waals surface area contributed by atoms with Crippen molar-refractivity contribution in [1.82, 2.24) is 0 Å². The number of hydrogen-bond acceptors (Lipinski definition) is 3. The van der Waals surface area contributed by atoms with Crippen LogP contribution in [0.2, 0.25) is 0 Å². The molecule has 2 atom stereocenters. The molecular weight excluding hydrogens is 290 g/mol. The second kappa shape index (κ2) is 12.5. The van der Waals surface area contributed by atoms with Gasteiger partial charge < -0.3 is 19.5 Å². The maximum Gasteiger partial charge on any atom is 0.129 e. The van der Waals surface area contributed by atoms with E-state index in [1.165, 1.54) is 0 Å². The minimum Gasteiger partial charge on any atom is -0.544 e. The summed E-state index contributed by atoms with van der Waals surface area (Å²) in [6.45, 7) is 10.3. The number of nitrogens with zero attached hydrogens (tertiary/aromatic N) is 1. The van der Waals surface area contributed by atoms with E-state index in [2.05, 4.69) is 20.8 Å². The number of allylic oxidation sites excluding steroid dienone is 1. The second-order valence-corrected chi connectivity index (χ2v) is 6.61. The molecule has 0 saturated heterocycles. The number of quaternary nitrogens is 1. The van der Waals surface area contributed by atoms with Crippen LogP contribution >= 0.6 is 0 Å². The summed E-state index contributed by atoms with van der Waals surface area (Å²) in [5.74, 6) is -0.976. The molecule has 0 radical (unpaired) electrons. The van der Waals surface area contributed by atoms with Gasteiger partial charge in [-0.05, 0) is 19.3 Å². The molecule has 1 N–H and O–H groups in total. The Bertz CT molecular complexity index is 336. The minimum atomic E-state index is -0.976. The monoisotopic (exact) mass is 327 g/mol. The highest BCUT2D eigenvalue weighted by Crippen LogP contribution is 2.22. The van der Waals surface area contributed by atoms with Crippen molar-refractivity contribution in [1.29, 1.82) is 0 Å². The fourth-order valence-corrected chi connectivity index (χ4v) is 3.52. The van der Waals surface area contributed by atoms with Gasteiger partial charge in [0.25, 0.3) is 0 Å². The largest absolute Gasteiger partial charge is 0.544 e. The molecule has 0 aliphatic carbocycles. The SMILES string of the molecule is CCCC/C=C/C(O)C[N+](CCC)(CCC)C(CCC)C(=O)[O-]. The number of aliphatic hydroxyl groups is 1. The second-order valence-electron chi connectivity index (χ2n) is 6.61. The third-order valence-electron chi connectivity index (χ3n) is 4.47. The van der Waals surface area contributed by atoms with Gasteiger partial charge >= 0.3 is 0 Å². The van der Waals surface area contributed by atoms with Crippen LogP contribution in [0.4, 0.5) is 0 Å². The Hall–Kier alpha value is -0.870. The van der Waals surface area contributed by atoms with Crippen LogP contribution in [0, 0.1) is 0 Å². The summed E-state index contributed by atoms with van der Waals surface area (Å²) in [6, 6.07) is -0.529. The molecule has 23 heavy (non-hydrogen) atoms. The number of carboxylic acid groups (broad SMARTS) is 1. The van der Waals surface area contributed by atoms with E-state index in [0.717, 1.165) is 51.6 Å². The maximum absolute atomic E-state index is 11.7. The molecule has 0 rings (SSSR count). The molecule has 0 fully saturated rings. The summed E-state index contributed by atoms with van der Waals surface area (Å²) in [5, 5.41) is 22.2. The van der Waals surface area contributed by atoms with Gasteiger partial charge in [-0.25, -0.2) is 0 Å². The Morgan fingerprint density at radius 1 is 1.09 bits per heavy atom. The summed E-state index contributed by atoms with van der Waals surface area (Å²) >= 11 is 0. The van der Waals surface area contributed by atoms with Gasteiger partial charge in [-0.15, -0.1) is 0 Å². The van der Waals surface area contributed by atoms with Crippen molar-refractivity contribution in [3.05, 3.63) is 12.2 Å². The van der Waals surface area contributed by atoms with Crippen molar-refractivity contribution < 1.29 is 19.5 Å². The molecule has 0 aliphatic rings. The summed E-state index contributed by atoms with van der Waals surface area (Å²) in [7, 11) is 0. The third-order valence-corrected chi connectivity index (χ3v) is 4.47. The average molecular weight is 328 g/mol. The molecule has 0 saturated carbocycles. The molecule has 0 heterocycles. The first-order chi connectivity index (χ1) is 11.0. The smallest absolute Gasteiger partial charge is 0.129 e. The number of carbonyl (C=O) groups excluding carboxylic acids is 1. The molecule has 136 valence electrons. The van der Waals surface area contributed by atoms with Crippen LogP contribution in [0.5, 0.6) is 0 Å². The minimum absolute atomic E-state index is 0.433. The van der Waals surface area contributed by atoms with Crippen LogP contribution in [0.3, 0.4) is 0 Å². The van der Waals surface area contributed by atoms with E-state index in [-0.39, 0.29) is 0 Å². The number of aliphatic carboxylic acids is 1. The Labute approximate surface area is 142 Å². The van der Waals surface area contributed by atoms with E-state index < -0.39 is 18.1 Å². The lowest BCUT2D eigenvalue weighted by Gasteiger charge is -2.46. The maximum atomic E-state index is 11.7. The van der Waals surface area contributed by atoms with E-state index in [0.29, 0.717) is 17.4 Å².